The number of nitrogens with zero attached hydrogens (tertiary/aromatic N) is 1. The second-order valence-electron chi connectivity index (χ2n) is 9.87. The van der Waals surface area contributed by atoms with E-state index in [2.05, 4.69) is 10.3 Å². The van der Waals surface area contributed by atoms with E-state index in [1.54, 1.807) is 6.92 Å². The van der Waals surface area contributed by atoms with Crippen molar-refractivity contribution in [2.75, 3.05) is 13.7 Å². The van der Waals surface area contributed by atoms with Crippen molar-refractivity contribution in [3.05, 3.63) is 80.8 Å². The summed E-state index contributed by atoms with van der Waals surface area (Å²) in [7, 11) is 1.25. The van der Waals surface area contributed by atoms with Gasteiger partial charge in [-0.25, -0.2) is 4.79 Å². The normalized spacial score (nSPS) is 28.4. The van der Waals surface area contributed by atoms with Crippen molar-refractivity contribution in [2.45, 2.75) is 62.8 Å². The molecule has 0 saturated carbocycles. The molecule has 2 aliphatic rings. The third kappa shape index (κ3) is 6.92. The molecule has 0 radical (unpaired) electrons. The number of aliphatic hydroxyl groups excluding tert-OH is 2. The minimum atomic E-state index is -1.64. The van der Waals surface area contributed by atoms with Gasteiger partial charge in [-0.3, -0.25) is 23.9 Å². The highest BCUT2D eigenvalue weighted by Gasteiger charge is 2.52. The average molecular weight is 575 g/mol. The molecule has 0 aliphatic carbocycles. The van der Waals surface area contributed by atoms with Crippen molar-refractivity contribution in [3.8, 4) is 0 Å². The van der Waals surface area contributed by atoms with Gasteiger partial charge in [0.2, 0.25) is 12.2 Å². The number of nitrogens with two attached hydrogens (primary N) is 1. The summed E-state index contributed by atoms with van der Waals surface area (Å²) in [5.74, 6) is -2.28. The first kappa shape index (κ1) is 30.1. The summed E-state index contributed by atoms with van der Waals surface area (Å²) in [5.41, 5.74) is 5.23. The SMILES string of the molecule is CO[C@H]1[C@@H](O)[C@H](n2ccc(=O)[nH]c2=O)O[C@@H]1[C@@H](O[C@H]1OC(C(=O)NCCCc2ccccc2)=C[C@H](C)[C@@H]1O)C(N)=O. The Bertz CT molecular complexity index is 1360. The van der Waals surface area contributed by atoms with Crippen LogP contribution in [0.3, 0.4) is 0 Å². The largest absolute Gasteiger partial charge is 0.457 e. The van der Waals surface area contributed by atoms with Gasteiger partial charge < -0.3 is 40.2 Å². The van der Waals surface area contributed by atoms with Crippen LogP contribution in [0.2, 0.25) is 0 Å². The summed E-state index contributed by atoms with van der Waals surface area (Å²) in [5, 5.41) is 24.3. The minimum Gasteiger partial charge on any atom is -0.457 e. The lowest BCUT2D eigenvalue weighted by Crippen LogP contribution is -2.53. The Morgan fingerprint density at radius 2 is 1.90 bits per heavy atom. The van der Waals surface area contributed by atoms with E-state index in [9.17, 15) is 29.4 Å². The number of aromatic amines is 1. The molecule has 0 spiro atoms. The summed E-state index contributed by atoms with van der Waals surface area (Å²) in [4.78, 5) is 51.1. The lowest BCUT2D eigenvalue weighted by molar-refractivity contribution is -0.235. The van der Waals surface area contributed by atoms with Crippen LogP contribution >= 0.6 is 0 Å². The number of aliphatic hydroxyl groups is 2. The average Bonchev–Trinajstić information content (AvgIpc) is 3.27. The van der Waals surface area contributed by atoms with Gasteiger partial charge in [-0.05, 0) is 24.5 Å². The van der Waals surface area contributed by atoms with Crippen molar-refractivity contribution in [2.24, 2.45) is 11.7 Å². The van der Waals surface area contributed by atoms with E-state index in [0.717, 1.165) is 28.8 Å². The number of carbonyl (C=O) groups excluding carboxylic acids is 2. The minimum absolute atomic E-state index is 0.107. The van der Waals surface area contributed by atoms with Gasteiger partial charge in [-0.15, -0.1) is 0 Å². The number of aromatic nitrogens is 2. The van der Waals surface area contributed by atoms with E-state index < -0.39 is 72.0 Å². The Kier molecular flexibility index (Phi) is 9.73. The topological polar surface area (TPSA) is 204 Å². The lowest BCUT2D eigenvalue weighted by Gasteiger charge is -2.35. The van der Waals surface area contributed by atoms with E-state index in [1.807, 2.05) is 30.3 Å². The first-order valence-corrected chi connectivity index (χ1v) is 13.1. The van der Waals surface area contributed by atoms with Crippen molar-refractivity contribution < 1.29 is 38.7 Å². The molecule has 0 unspecified atom stereocenters. The second-order valence-corrected chi connectivity index (χ2v) is 9.87. The number of benzene rings is 1. The standard InChI is InChI=1S/C27H34N4O10/c1-14-13-16(24(36)29-11-6-9-15-7-4-3-5-8-15)39-26(18(14)33)41-22(23(28)35)21-20(38-2)19(34)25(40-21)31-12-10-17(32)30-27(31)37/h3-5,7-8,10,12-14,18-22,25-26,33-34H,6,9,11H2,1-2H3,(H2,28,35)(H,29,36)(H,30,32,37)/t14-,18-,19+,20-,21-,22+,25+,26+/m0/s1. The molecule has 8 atom stereocenters. The zero-order chi connectivity index (χ0) is 29.7. The van der Waals surface area contributed by atoms with Crippen LogP contribution in [-0.4, -0.2) is 82.0 Å². The molecule has 1 aromatic carbocycles. The fraction of sp³-hybridized carbons (Fsp3) is 0.481. The van der Waals surface area contributed by atoms with Crippen LogP contribution < -0.4 is 22.3 Å². The highest BCUT2D eigenvalue weighted by atomic mass is 16.7. The van der Waals surface area contributed by atoms with Crippen LogP contribution in [0.4, 0.5) is 0 Å². The maximum Gasteiger partial charge on any atom is 0.330 e. The third-order valence-corrected chi connectivity index (χ3v) is 6.98. The maximum atomic E-state index is 12.8. The highest BCUT2D eigenvalue weighted by molar-refractivity contribution is 5.91. The summed E-state index contributed by atoms with van der Waals surface area (Å²) in [6, 6.07) is 10.9. The highest BCUT2D eigenvalue weighted by Crippen LogP contribution is 2.34. The molecule has 1 saturated heterocycles. The molecule has 2 aliphatic heterocycles. The van der Waals surface area contributed by atoms with E-state index in [-0.39, 0.29) is 5.76 Å². The van der Waals surface area contributed by atoms with Crippen molar-refractivity contribution in [1.82, 2.24) is 14.9 Å². The van der Waals surface area contributed by atoms with Gasteiger partial charge in [0.15, 0.2) is 18.1 Å². The molecule has 222 valence electrons. The third-order valence-electron chi connectivity index (χ3n) is 6.98. The first-order valence-electron chi connectivity index (χ1n) is 13.1. The number of aryl methyl sites for hydroxylation is 1. The molecule has 1 fully saturated rings. The van der Waals surface area contributed by atoms with Gasteiger partial charge in [-0.1, -0.05) is 37.3 Å². The van der Waals surface area contributed by atoms with Crippen LogP contribution in [0.1, 0.15) is 25.1 Å². The first-order chi connectivity index (χ1) is 19.6. The van der Waals surface area contributed by atoms with Gasteiger partial charge in [-0.2, -0.15) is 0 Å². The molecule has 2 aromatic rings. The quantitative estimate of drug-likeness (QED) is 0.200. The number of nitrogens with one attached hydrogen (secondary N) is 2. The van der Waals surface area contributed by atoms with Gasteiger partial charge in [0, 0.05) is 31.8 Å². The van der Waals surface area contributed by atoms with E-state index in [1.165, 1.54) is 13.2 Å². The van der Waals surface area contributed by atoms with E-state index in [4.69, 9.17) is 24.7 Å². The number of carbonyl (C=O) groups is 2. The number of hydrogen-bond acceptors (Lipinski definition) is 10. The summed E-state index contributed by atoms with van der Waals surface area (Å²) in [6.07, 6.45) is -5.84. The van der Waals surface area contributed by atoms with Crippen molar-refractivity contribution in [3.63, 3.8) is 0 Å². The Hall–Kier alpha value is -3.82. The van der Waals surface area contributed by atoms with Gasteiger partial charge in [0.05, 0.1) is 0 Å². The Balaban J connectivity index is 1.44. The van der Waals surface area contributed by atoms with Crippen LogP contribution in [0.25, 0.3) is 0 Å². The Labute approximate surface area is 234 Å². The monoisotopic (exact) mass is 574 g/mol. The molecule has 6 N–H and O–H groups in total. The molecular formula is C27H34N4O10. The van der Waals surface area contributed by atoms with Crippen LogP contribution in [-0.2, 0) is 35.0 Å². The van der Waals surface area contributed by atoms with E-state index >= 15 is 0 Å². The summed E-state index contributed by atoms with van der Waals surface area (Å²) in [6.45, 7) is 2.01. The Morgan fingerprint density at radius 3 is 2.56 bits per heavy atom. The summed E-state index contributed by atoms with van der Waals surface area (Å²) >= 11 is 0. The molecule has 14 heteroatoms. The number of hydrogen-bond donors (Lipinski definition) is 5. The number of methoxy groups -OCH3 is 1. The molecule has 4 rings (SSSR count). The fourth-order valence-corrected chi connectivity index (χ4v) is 4.78. The van der Waals surface area contributed by atoms with Crippen LogP contribution in [0.15, 0.2) is 64.0 Å². The van der Waals surface area contributed by atoms with Crippen molar-refractivity contribution in [1.29, 1.82) is 0 Å². The number of ether oxygens (including phenoxy) is 4. The molecule has 41 heavy (non-hydrogen) atoms. The predicted molar refractivity (Wildman–Crippen MR) is 142 cm³/mol. The molecule has 2 amide bonds. The zero-order valence-electron chi connectivity index (χ0n) is 22.5. The smallest absolute Gasteiger partial charge is 0.330 e. The molecular weight excluding hydrogens is 540 g/mol. The van der Waals surface area contributed by atoms with Gasteiger partial charge >= 0.3 is 5.69 Å². The predicted octanol–water partition coefficient (Wildman–Crippen LogP) is -1.33. The Morgan fingerprint density at radius 1 is 1.17 bits per heavy atom. The number of H-pyrrole nitrogens is 1. The van der Waals surface area contributed by atoms with Crippen LogP contribution in [0.5, 0.6) is 0 Å². The molecule has 14 nitrogen and oxygen atoms in total. The fourth-order valence-electron chi connectivity index (χ4n) is 4.78. The summed E-state index contributed by atoms with van der Waals surface area (Å²) < 4.78 is 23.5. The number of amides is 2. The van der Waals surface area contributed by atoms with Gasteiger partial charge in [0.1, 0.15) is 24.4 Å². The zero-order valence-corrected chi connectivity index (χ0v) is 22.5. The second kappa shape index (κ2) is 13.2. The number of primary amides is 1. The molecule has 3 heterocycles. The maximum absolute atomic E-state index is 12.8. The molecule has 0 bridgehead atoms. The molecule has 1 aromatic heterocycles. The van der Waals surface area contributed by atoms with Crippen LogP contribution in [0, 0.1) is 5.92 Å². The lowest BCUT2D eigenvalue weighted by atomic mass is 10.00. The van der Waals surface area contributed by atoms with Gasteiger partial charge in [0.25, 0.3) is 11.5 Å². The van der Waals surface area contributed by atoms with E-state index in [0.29, 0.717) is 13.0 Å². The number of rotatable bonds is 11. The van der Waals surface area contributed by atoms with Crippen molar-refractivity contribution >= 4 is 11.8 Å².